The van der Waals surface area contributed by atoms with E-state index >= 15 is 0 Å². The molecule has 1 saturated heterocycles. The van der Waals surface area contributed by atoms with Crippen molar-refractivity contribution in [1.82, 2.24) is 10.2 Å². The normalized spacial score (nSPS) is 30.5. The van der Waals surface area contributed by atoms with Gasteiger partial charge < -0.3 is 5.32 Å². The summed E-state index contributed by atoms with van der Waals surface area (Å²) in [5.41, 5.74) is 0.994. The molecule has 0 aromatic rings. The molecular weight excluding hydrogens is 232 g/mol. The van der Waals surface area contributed by atoms with Crippen molar-refractivity contribution >= 4 is 0 Å². The van der Waals surface area contributed by atoms with E-state index in [0.717, 1.165) is 5.92 Å². The van der Waals surface area contributed by atoms with Gasteiger partial charge in [0, 0.05) is 30.7 Å². The number of nitrogens with zero attached hydrogens (tertiary/aromatic N) is 1. The van der Waals surface area contributed by atoms with E-state index in [1.54, 1.807) is 0 Å². The third-order valence-electron chi connectivity index (χ3n) is 5.89. The van der Waals surface area contributed by atoms with Crippen LogP contribution in [0.4, 0.5) is 0 Å². The first kappa shape index (κ1) is 13.9. The Morgan fingerprint density at radius 2 is 1.58 bits per heavy atom. The lowest BCUT2D eigenvalue weighted by Gasteiger charge is -2.55. The van der Waals surface area contributed by atoms with Crippen molar-refractivity contribution in [3.63, 3.8) is 0 Å². The van der Waals surface area contributed by atoms with E-state index in [1.807, 2.05) is 0 Å². The lowest BCUT2D eigenvalue weighted by Crippen LogP contribution is -2.70. The summed E-state index contributed by atoms with van der Waals surface area (Å²) in [7, 11) is 0. The fraction of sp³-hybridized carbons (Fsp3) is 1.00. The number of hydrogen-bond donors (Lipinski definition) is 1. The van der Waals surface area contributed by atoms with Crippen molar-refractivity contribution in [3.05, 3.63) is 0 Å². The molecule has 3 aliphatic rings. The monoisotopic (exact) mass is 264 g/mol. The van der Waals surface area contributed by atoms with Crippen LogP contribution in [-0.4, -0.2) is 35.6 Å². The summed E-state index contributed by atoms with van der Waals surface area (Å²) >= 11 is 0. The maximum atomic E-state index is 4.03. The van der Waals surface area contributed by atoms with E-state index < -0.39 is 0 Å². The molecule has 1 N–H and O–H groups in total. The van der Waals surface area contributed by atoms with Gasteiger partial charge in [0.05, 0.1) is 0 Å². The number of nitrogens with one attached hydrogen (secondary N) is 1. The summed E-state index contributed by atoms with van der Waals surface area (Å²) in [6, 6.07) is 0. The maximum Gasteiger partial charge on any atom is 0.0335 e. The highest BCUT2D eigenvalue weighted by Gasteiger charge is 2.48. The third kappa shape index (κ3) is 2.71. The Labute approximate surface area is 119 Å². The van der Waals surface area contributed by atoms with E-state index in [2.05, 4.69) is 24.1 Å². The maximum absolute atomic E-state index is 4.03. The molecule has 0 radical (unpaired) electrons. The van der Waals surface area contributed by atoms with Gasteiger partial charge in [0.1, 0.15) is 0 Å². The molecule has 0 aromatic carbocycles. The Kier molecular flexibility index (Phi) is 3.92. The zero-order valence-electron chi connectivity index (χ0n) is 13.0. The van der Waals surface area contributed by atoms with Crippen LogP contribution < -0.4 is 5.32 Å². The lowest BCUT2D eigenvalue weighted by atomic mass is 9.76. The van der Waals surface area contributed by atoms with Gasteiger partial charge in [-0.05, 0) is 31.6 Å². The van der Waals surface area contributed by atoms with Crippen LogP contribution in [0.25, 0.3) is 0 Å². The Morgan fingerprint density at radius 3 is 2.21 bits per heavy atom. The van der Waals surface area contributed by atoms with E-state index in [9.17, 15) is 0 Å². The van der Waals surface area contributed by atoms with Crippen LogP contribution in [0.3, 0.4) is 0 Å². The summed E-state index contributed by atoms with van der Waals surface area (Å²) < 4.78 is 0. The van der Waals surface area contributed by atoms with Crippen LogP contribution in [0.15, 0.2) is 0 Å². The second-order valence-electron chi connectivity index (χ2n) is 7.90. The highest BCUT2D eigenvalue weighted by molar-refractivity contribution is 5.08. The highest BCUT2D eigenvalue weighted by atomic mass is 15.3. The van der Waals surface area contributed by atoms with Gasteiger partial charge in [0.25, 0.3) is 0 Å². The minimum absolute atomic E-state index is 0.473. The SMILES string of the molecule is CC(C)CN1CC2(CCCCC2)NCC12CCCC2. The minimum Gasteiger partial charge on any atom is -0.308 e. The number of hydrogen-bond acceptors (Lipinski definition) is 2. The molecule has 2 aliphatic carbocycles. The van der Waals surface area contributed by atoms with Gasteiger partial charge in [-0.15, -0.1) is 0 Å². The zero-order valence-corrected chi connectivity index (χ0v) is 13.0. The van der Waals surface area contributed by atoms with Crippen molar-refractivity contribution in [2.75, 3.05) is 19.6 Å². The average molecular weight is 264 g/mol. The molecule has 0 aromatic heterocycles. The quantitative estimate of drug-likeness (QED) is 0.820. The fourth-order valence-electron chi connectivity index (χ4n) is 4.84. The molecule has 2 nitrogen and oxygen atoms in total. The predicted octanol–water partition coefficient (Wildman–Crippen LogP) is 3.56. The Hall–Kier alpha value is -0.0800. The van der Waals surface area contributed by atoms with Gasteiger partial charge >= 0.3 is 0 Å². The van der Waals surface area contributed by atoms with Crippen molar-refractivity contribution < 1.29 is 0 Å². The molecule has 0 atom stereocenters. The van der Waals surface area contributed by atoms with Crippen molar-refractivity contribution in [1.29, 1.82) is 0 Å². The number of rotatable bonds is 2. The smallest absolute Gasteiger partial charge is 0.0335 e. The summed E-state index contributed by atoms with van der Waals surface area (Å²) in [6.07, 6.45) is 12.9. The molecule has 110 valence electrons. The zero-order chi connectivity index (χ0) is 13.3. The van der Waals surface area contributed by atoms with Gasteiger partial charge in [-0.1, -0.05) is 46.0 Å². The lowest BCUT2D eigenvalue weighted by molar-refractivity contribution is -0.0128. The van der Waals surface area contributed by atoms with Crippen LogP contribution in [0, 0.1) is 5.92 Å². The van der Waals surface area contributed by atoms with E-state index in [4.69, 9.17) is 0 Å². The van der Waals surface area contributed by atoms with Crippen LogP contribution in [0.5, 0.6) is 0 Å². The van der Waals surface area contributed by atoms with Crippen molar-refractivity contribution in [3.8, 4) is 0 Å². The van der Waals surface area contributed by atoms with Crippen molar-refractivity contribution in [2.45, 2.75) is 82.7 Å². The average Bonchev–Trinajstić information content (AvgIpc) is 2.85. The number of piperazine rings is 1. The van der Waals surface area contributed by atoms with Crippen molar-refractivity contribution in [2.24, 2.45) is 5.92 Å². The molecule has 19 heavy (non-hydrogen) atoms. The largest absolute Gasteiger partial charge is 0.308 e. The first-order chi connectivity index (χ1) is 9.14. The van der Waals surface area contributed by atoms with Crippen LogP contribution in [-0.2, 0) is 0 Å². The molecule has 0 unspecified atom stereocenters. The molecule has 1 heterocycles. The van der Waals surface area contributed by atoms with Crippen LogP contribution >= 0.6 is 0 Å². The van der Waals surface area contributed by atoms with Crippen LogP contribution in [0.2, 0.25) is 0 Å². The molecular formula is C17H32N2. The highest BCUT2D eigenvalue weighted by Crippen LogP contribution is 2.42. The summed E-state index contributed by atoms with van der Waals surface area (Å²) in [6.45, 7) is 8.67. The Bertz CT molecular complexity index is 298. The topological polar surface area (TPSA) is 15.3 Å². The molecule has 3 fully saturated rings. The van der Waals surface area contributed by atoms with Gasteiger partial charge in [0.2, 0.25) is 0 Å². The first-order valence-corrected chi connectivity index (χ1v) is 8.64. The summed E-state index contributed by atoms with van der Waals surface area (Å²) in [5, 5.41) is 4.03. The van der Waals surface area contributed by atoms with Gasteiger partial charge in [-0.25, -0.2) is 0 Å². The third-order valence-corrected chi connectivity index (χ3v) is 5.89. The van der Waals surface area contributed by atoms with E-state index in [-0.39, 0.29) is 0 Å². The molecule has 0 amide bonds. The second-order valence-corrected chi connectivity index (χ2v) is 7.90. The summed E-state index contributed by atoms with van der Waals surface area (Å²) in [5.74, 6) is 0.802. The Morgan fingerprint density at radius 1 is 0.947 bits per heavy atom. The van der Waals surface area contributed by atoms with Gasteiger partial charge in [0.15, 0.2) is 0 Å². The fourth-order valence-corrected chi connectivity index (χ4v) is 4.84. The van der Waals surface area contributed by atoms with Gasteiger partial charge in [-0.3, -0.25) is 4.90 Å². The Balaban J connectivity index is 1.75. The summed E-state index contributed by atoms with van der Waals surface area (Å²) in [4.78, 5) is 2.91. The molecule has 2 spiro atoms. The van der Waals surface area contributed by atoms with Gasteiger partial charge in [-0.2, -0.15) is 0 Å². The molecule has 2 heteroatoms. The molecule has 3 rings (SSSR count). The molecule has 1 aliphatic heterocycles. The standard InChI is InChI=1S/C17H32N2/c1-15(2)12-19-14-16(8-4-3-5-9-16)18-13-17(19)10-6-7-11-17/h15,18H,3-14H2,1-2H3. The molecule has 0 bridgehead atoms. The first-order valence-electron chi connectivity index (χ1n) is 8.64. The minimum atomic E-state index is 0.473. The second kappa shape index (κ2) is 5.37. The van der Waals surface area contributed by atoms with E-state index in [1.165, 1.54) is 77.4 Å². The van der Waals surface area contributed by atoms with Crippen LogP contribution in [0.1, 0.15) is 71.6 Å². The molecule has 2 saturated carbocycles. The predicted molar refractivity (Wildman–Crippen MR) is 81.4 cm³/mol. The van der Waals surface area contributed by atoms with E-state index in [0.29, 0.717) is 11.1 Å².